The molecular weight excluding hydrogens is 394 g/mol. The minimum Gasteiger partial charge on any atom is -0.273 e. The largest absolute Gasteiger partial charge is 0.588 e. The summed E-state index contributed by atoms with van der Waals surface area (Å²) in [7, 11) is 0. The topological polar surface area (TPSA) is 146 Å². The lowest BCUT2D eigenvalue weighted by Gasteiger charge is -2.14. The Hall–Kier alpha value is -3.17. The summed E-state index contributed by atoms with van der Waals surface area (Å²) >= 11 is 0. The first-order valence-corrected chi connectivity index (χ1v) is 9.76. The van der Waals surface area contributed by atoms with Crippen LogP contribution in [0.1, 0.15) is 58.3 Å². The van der Waals surface area contributed by atoms with E-state index >= 15 is 0 Å². The quantitative estimate of drug-likeness (QED) is 0.111. The molecule has 10 heteroatoms. The van der Waals surface area contributed by atoms with Crippen molar-refractivity contribution in [2.24, 2.45) is 0 Å². The van der Waals surface area contributed by atoms with Gasteiger partial charge in [0.05, 0.1) is 0 Å². The standard InChI is InChI=1S/C20H28N3O7/c1-2-3-4-5-6-7-8-9-10-11-12-13-14-15-16-17-19(21(25)26)20(18-24,22(27)28)23(29)30/h3-4,6-7,9-10,12-13,19H,2,5,8,11,14-17H2,1H3/b4-3+,7-6+,10-9+,13-12+. The molecular formula is C20H28N3O7. The van der Waals surface area contributed by atoms with Crippen molar-refractivity contribution in [3.63, 3.8) is 0 Å². The van der Waals surface area contributed by atoms with Crippen molar-refractivity contribution in [2.45, 2.75) is 70.0 Å². The van der Waals surface area contributed by atoms with E-state index < -0.39 is 32.9 Å². The van der Waals surface area contributed by atoms with E-state index in [1.165, 1.54) is 0 Å². The van der Waals surface area contributed by atoms with Crippen LogP contribution in [-0.4, -0.2) is 32.8 Å². The molecule has 0 aliphatic heterocycles. The Morgan fingerprint density at radius 1 is 0.800 bits per heavy atom. The molecule has 0 rings (SSSR count). The van der Waals surface area contributed by atoms with Gasteiger partial charge in [-0.3, -0.25) is 35.1 Å². The molecule has 0 heterocycles. The first kappa shape index (κ1) is 26.8. The molecule has 1 radical (unpaired) electrons. The molecule has 0 bridgehead atoms. The normalized spacial score (nSPS) is 13.5. The van der Waals surface area contributed by atoms with Gasteiger partial charge in [-0.25, -0.2) is 0 Å². The van der Waals surface area contributed by atoms with E-state index in [1.54, 1.807) is 0 Å². The van der Waals surface area contributed by atoms with Crippen LogP contribution in [-0.2, 0) is 4.79 Å². The molecule has 0 aliphatic rings. The van der Waals surface area contributed by atoms with E-state index in [4.69, 9.17) is 0 Å². The number of carbonyl (C=O) groups excluding carboxylic acids is 1. The van der Waals surface area contributed by atoms with Gasteiger partial charge in [0, 0.05) is 11.3 Å². The molecule has 0 saturated heterocycles. The van der Waals surface area contributed by atoms with Crippen LogP contribution in [0.2, 0.25) is 0 Å². The van der Waals surface area contributed by atoms with Crippen LogP contribution in [0.15, 0.2) is 48.6 Å². The van der Waals surface area contributed by atoms with Crippen molar-refractivity contribution in [1.29, 1.82) is 0 Å². The molecule has 165 valence electrons. The van der Waals surface area contributed by atoms with E-state index in [0.29, 0.717) is 19.1 Å². The fraction of sp³-hybridized carbons (Fsp3) is 0.550. The van der Waals surface area contributed by atoms with Crippen LogP contribution in [0.25, 0.3) is 0 Å². The lowest BCUT2D eigenvalue weighted by atomic mass is 9.97. The number of unbranched alkanes of at least 4 members (excludes halogenated alkanes) is 2. The van der Waals surface area contributed by atoms with Crippen LogP contribution < -0.4 is 0 Å². The van der Waals surface area contributed by atoms with E-state index in [1.807, 2.05) is 24.3 Å². The Labute approximate surface area is 175 Å². The Morgan fingerprint density at radius 3 is 1.67 bits per heavy atom. The summed E-state index contributed by atoms with van der Waals surface area (Å²) in [5.41, 5.74) is -3.58. The molecule has 0 aromatic rings. The summed E-state index contributed by atoms with van der Waals surface area (Å²) in [6.07, 6.45) is 21.1. The van der Waals surface area contributed by atoms with Gasteiger partial charge in [0.1, 0.15) is 9.85 Å². The lowest BCUT2D eigenvalue weighted by molar-refractivity contribution is -0.810. The van der Waals surface area contributed by atoms with Crippen LogP contribution in [0, 0.1) is 30.3 Å². The zero-order chi connectivity index (χ0) is 22.8. The number of hydrogen-bond acceptors (Lipinski definition) is 7. The summed E-state index contributed by atoms with van der Waals surface area (Å²) in [6, 6.07) is -2.27. The van der Waals surface area contributed by atoms with Crippen LogP contribution in [0.5, 0.6) is 0 Å². The third-order valence-corrected chi connectivity index (χ3v) is 4.24. The van der Waals surface area contributed by atoms with Gasteiger partial charge >= 0.3 is 18.0 Å². The SMILES string of the molecule is CC/C=C/C/C=C/C/C=C/C/C=C/CCCCC([N+](=O)[O-])C([C]=O)([N+](=O)[O-])[N+](=O)[O-]. The third-order valence-electron chi connectivity index (χ3n) is 4.24. The van der Waals surface area contributed by atoms with Crippen molar-refractivity contribution in [3.8, 4) is 0 Å². The van der Waals surface area contributed by atoms with Crippen molar-refractivity contribution in [3.05, 3.63) is 79.0 Å². The van der Waals surface area contributed by atoms with Gasteiger partial charge in [0.25, 0.3) is 0 Å². The second-order valence-electron chi connectivity index (χ2n) is 6.43. The molecule has 1 atom stereocenters. The van der Waals surface area contributed by atoms with Crippen LogP contribution in [0.4, 0.5) is 0 Å². The molecule has 30 heavy (non-hydrogen) atoms. The third kappa shape index (κ3) is 9.35. The van der Waals surface area contributed by atoms with Gasteiger partial charge in [0.15, 0.2) is 0 Å². The summed E-state index contributed by atoms with van der Waals surface area (Å²) in [4.78, 5) is 39.7. The molecule has 0 N–H and O–H groups in total. The smallest absolute Gasteiger partial charge is 0.273 e. The van der Waals surface area contributed by atoms with Crippen molar-refractivity contribution in [1.82, 2.24) is 0 Å². The zero-order valence-corrected chi connectivity index (χ0v) is 17.1. The highest BCUT2D eigenvalue weighted by Gasteiger charge is 2.71. The summed E-state index contributed by atoms with van der Waals surface area (Å²) in [6.45, 7) is 2.09. The number of rotatable bonds is 17. The van der Waals surface area contributed by atoms with Gasteiger partial charge in [-0.05, 0) is 44.9 Å². The van der Waals surface area contributed by atoms with Crippen LogP contribution in [0.3, 0.4) is 0 Å². The van der Waals surface area contributed by atoms with E-state index in [9.17, 15) is 35.1 Å². The van der Waals surface area contributed by atoms with E-state index in [2.05, 4.69) is 31.2 Å². The Morgan fingerprint density at radius 2 is 1.27 bits per heavy atom. The van der Waals surface area contributed by atoms with Gasteiger partial charge in [-0.1, -0.05) is 55.5 Å². The maximum atomic E-state index is 11.1. The maximum absolute atomic E-state index is 11.1. The summed E-state index contributed by atoms with van der Waals surface area (Å²) in [5, 5.41) is 33.0. The van der Waals surface area contributed by atoms with Crippen molar-refractivity contribution >= 4 is 6.29 Å². The number of nitrogens with zero attached hydrogens (tertiary/aromatic N) is 3. The fourth-order valence-electron chi connectivity index (χ4n) is 2.60. The second-order valence-corrected chi connectivity index (χ2v) is 6.43. The molecule has 0 fully saturated rings. The highest BCUT2D eigenvalue weighted by atomic mass is 16.7. The zero-order valence-electron chi connectivity index (χ0n) is 17.1. The number of allylic oxidation sites excluding steroid dienone is 8. The van der Waals surface area contributed by atoms with E-state index in [0.717, 1.165) is 25.7 Å². The highest BCUT2D eigenvalue weighted by molar-refractivity contribution is 5.61. The lowest BCUT2D eigenvalue weighted by Crippen LogP contribution is -2.59. The van der Waals surface area contributed by atoms with Gasteiger partial charge < -0.3 is 0 Å². The van der Waals surface area contributed by atoms with Crippen LogP contribution >= 0.6 is 0 Å². The predicted octanol–water partition coefficient (Wildman–Crippen LogP) is 4.36. The molecule has 10 nitrogen and oxygen atoms in total. The minimum atomic E-state index is -3.58. The molecule has 0 spiro atoms. The number of nitro groups is 3. The average molecular weight is 422 g/mol. The predicted molar refractivity (Wildman–Crippen MR) is 112 cm³/mol. The first-order chi connectivity index (χ1) is 14.3. The Bertz CT molecular complexity index is 670. The molecule has 0 aromatic carbocycles. The minimum absolute atomic E-state index is 0.133. The fourth-order valence-corrected chi connectivity index (χ4v) is 2.60. The first-order valence-electron chi connectivity index (χ1n) is 9.76. The van der Waals surface area contributed by atoms with E-state index in [-0.39, 0.29) is 6.42 Å². The maximum Gasteiger partial charge on any atom is 0.588 e. The second kappa shape index (κ2) is 15.7. The molecule has 0 aromatic heterocycles. The van der Waals surface area contributed by atoms with Gasteiger partial charge in [0.2, 0.25) is 0 Å². The van der Waals surface area contributed by atoms with Gasteiger partial charge in [-0.15, -0.1) is 0 Å². The molecule has 0 aliphatic carbocycles. The van der Waals surface area contributed by atoms with Crippen molar-refractivity contribution in [2.75, 3.05) is 0 Å². The number of hydrogen-bond donors (Lipinski definition) is 0. The Balaban J connectivity index is 4.31. The molecule has 0 amide bonds. The highest BCUT2D eigenvalue weighted by Crippen LogP contribution is 2.22. The average Bonchev–Trinajstić information content (AvgIpc) is 2.69. The van der Waals surface area contributed by atoms with Crippen molar-refractivity contribution < 1.29 is 19.6 Å². The molecule has 1 unspecified atom stereocenters. The Kier molecular flexibility index (Phi) is 14.1. The molecule has 0 saturated carbocycles. The van der Waals surface area contributed by atoms with Gasteiger partial charge in [-0.2, -0.15) is 0 Å². The summed E-state index contributed by atoms with van der Waals surface area (Å²) < 4.78 is 0. The summed E-state index contributed by atoms with van der Waals surface area (Å²) in [5.74, 6) is 0. The monoisotopic (exact) mass is 422 g/mol.